The molecule has 0 saturated heterocycles. The third-order valence-electron chi connectivity index (χ3n) is 2.34. The van der Waals surface area contributed by atoms with E-state index >= 15 is 0 Å². The summed E-state index contributed by atoms with van der Waals surface area (Å²) >= 11 is 0. The van der Waals surface area contributed by atoms with Gasteiger partial charge < -0.3 is 10.2 Å². The summed E-state index contributed by atoms with van der Waals surface area (Å²) in [6.07, 6.45) is -1.67. The number of aliphatic hydroxyl groups excluding tert-OH is 2. The summed E-state index contributed by atoms with van der Waals surface area (Å²) in [7, 11) is 0. The summed E-state index contributed by atoms with van der Waals surface area (Å²) in [4.78, 5) is 33.7. The predicted octanol–water partition coefficient (Wildman–Crippen LogP) is -0.907. The first kappa shape index (κ1) is 12.9. The van der Waals surface area contributed by atoms with Gasteiger partial charge in [-0.25, -0.2) is 0 Å². The van der Waals surface area contributed by atoms with Gasteiger partial charge in [-0.3, -0.25) is 14.4 Å². The number of hydrogen-bond acceptors (Lipinski definition) is 5. The quantitative estimate of drug-likeness (QED) is 0.563. The second kappa shape index (κ2) is 4.43. The molecule has 0 aliphatic carbocycles. The molecule has 0 bridgehead atoms. The molecule has 80 valence electrons. The molecule has 1 unspecified atom stereocenters. The van der Waals surface area contributed by atoms with Gasteiger partial charge in [-0.05, 0) is 20.8 Å². The molecular formula is C9H14O5. The Kier molecular flexibility index (Phi) is 4.09. The van der Waals surface area contributed by atoms with Crippen LogP contribution >= 0.6 is 0 Å². The molecule has 0 spiro atoms. The normalized spacial score (nSPS) is 13.5. The van der Waals surface area contributed by atoms with Crippen molar-refractivity contribution in [3.63, 3.8) is 0 Å². The van der Waals surface area contributed by atoms with E-state index in [4.69, 9.17) is 5.11 Å². The Bertz CT molecular complexity index is 232. The molecule has 5 nitrogen and oxygen atoms in total. The summed E-state index contributed by atoms with van der Waals surface area (Å²) in [6, 6.07) is 0. The third kappa shape index (κ3) is 1.73. The van der Waals surface area contributed by atoms with Gasteiger partial charge in [0.15, 0.2) is 22.8 Å². The fourth-order valence-corrected chi connectivity index (χ4v) is 1.58. The van der Waals surface area contributed by atoms with Crippen LogP contribution in [0.3, 0.4) is 0 Å². The van der Waals surface area contributed by atoms with Crippen molar-refractivity contribution in [1.82, 2.24) is 0 Å². The van der Waals surface area contributed by atoms with Crippen molar-refractivity contribution >= 4 is 17.3 Å². The van der Waals surface area contributed by atoms with Crippen LogP contribution in [-0.2, 0) is 14.4 Å². The molecule has 14 heavy (non-hydrogen) atoms. The maximum absolute atomic E-state index is 11.2. The number of hydrogen-bond donors (Lipinski definition) is 2. The van der Waals surface area contributed by atoms with E-state index in [-0.39, 0.29) is 0 Å². The van der Waals surface area contributed by atoms with E-state index in [1.54, 1.807) is 0 Å². The van der Waals surface area contributed by atoms with Crippen LogP contribution in [0.15, 0.2) is 0 Å². The molecule has 0 amide bonds. The molecule has 0 aromatic heterocycles. The summed E-state index contributed by atoms with van der Waals surface area (Å²) < 4.78 is 0. The lowest BCUT2D eigenvalue weighted by atomic mass is 9.72. The molecular weight excluding hydrogens is 188 g/mol. The Balaban J connectivity index is 5.50. The smallest absolute Gasteiger partial charge is 0.172 e. The van der Waals surface area contributed by atoms with Gasteiger partial charge in [0.25, 0.3) is 0 Å². The second-order valence-corrected chi connectivity index (χ2v) is 3.17. The topological polar surface area (TPSA) is 91.7 Å². The van der Waals surface area contributed by atoms with Crippen LogP contribution in [0.5, 0.6) is 0 Å². The van der Waals surface area contributed by atoms with Gasteiger partial charge in [0.2, 0.25) is 0 Å². The lowest BCUT2D eigenvalue weighted by molar-refractivity contribution is -0.156. The van der Waals surface area contributed by atoms with E-state index in [1.807, 2.05) is 0 Å². The van der Waals surface area contributed by atoms with Gasteiger partial charge in [0, 0.05) is 0 Å². The third-order valence-corrected chi connectivity index (χ3v) is 2.34. The van der Waals surface area contributed by atoms with Crippen molar-refractivity contribution in [3.05, 3.63) is 0 Å². The van der Waals surface area contributed by atoms with Crippen LogP contribution in [0.1, 0.15) is 20.8 Å². The summed E-state index contributed by atoms with van der Waals surface area (Å²) in [5.74, 6) is -2.25. The van der Waals surface area contributed by atoms with Crippen molar-refractivity contribution in [2.24, 2.45) is 5.41 Å². The molecule has 5 heteroatoms. The van der Waals surface area contributed by atoms with Gasteiger partial charge in [-0.2, -0.15) is 0 Å². The standard InChI is InChI=1S/C9H14O5/c1-5(11)9(6(2)12,7(3)13)8(14)4-10/h8,10,14H,4H2,1-3H3. The predicted molar refractivity (Wildman–Crippen MR) is 47.6 cm³/mol. The minimum atomic E-state index is -2.10. The molecule has 0 aliphatic heterocycles. The largest absolute Gasteiger partial charge is 0.394 e. The Morgan fingerprint density at radius 3 is 1.43 bits per heavy atom. The SMILES string of the molecule is CC(=O)C(C(C)=O)(C(C)=O)C(O)CO. The number of ketones is 3. The van der Waals surface area contributed by atoms with Crippen LogP contribution in [0.4, 0.5) is 0 Å². The highest BCUT2D eigenvalue weighted by Gasteiger charge is 2.51. The van der Waals surface area contributed by atoms with Crippen LogP contribution in [0.2, 0.25) is 0 Å². The first-order chi connectivity index (χ1) is 6.31. The lowest BCUT2D eigenvalue weighted by Crippen LogP contribution is -2.53. The van der Waals surface area contributed by atoms with E-state index in [2.05, 4.69) is 0 Å². The van der Waals surface area contributed by atoms with E-state index < -0.39 is 35.5 Å². The molecule has 0 heterocycles. The lowest BCUT2D eigenvalue weighted by Gasteiger charge is -2.29. The number of carbonyl (C=O) groups is 3. The van der Waals surface area contributed by atoms with E-state index in [0.717, 1.165) is 20.8 Å². The molecule has 0 saturated carbocycles. The zero-order chi connectivity index (χ0) is 11.5. The maximum atomic E-state index is 11.2. The van der Waals surface area contributed by atoms with Crippen LogP contribution in [-0.4, -0.2) is 40.3 Å². The maximum Gasteiger partial charge on any atom is 0.172 e. The van der Waals surface area contributed by atoms with Gasteiger partial charge in [0.1, 0.15) is 6.10 Å². The highest BCUT2D eigenvalue weighted by Crippen LogP contribution is 2.26. The molecule has 0 rings (SSSR count). The van der Waals surface area contributed by atoms with Crippen LogP contribution in [0.25, 0.3) is 0 Å². The Hall–Kier alpha value is -1.07. The minimum absolute atomic E-state index is 0.751. The molecule has 2 N–H and O–H groups in total. The first-order valence-electron chi connectivity index (χ1n) is 4.13. The first-order valence-corrected chi connectivity index (χ1v) is 4.13. The van der Waals surface area contributed by atoms with E-state index in [9.17, 15) is 19.5 Å². The van der Waals surface area contributed by atoms with Crippen molar-refractivity contribution in [2.45, 2.75) is 26.9 Å². The average molecular weight is 202 g/mol. The second-order valence-electron chi connectivity index (χ2n) is 3.17. The molecule has 0 fully saturated rings. The average Bonchev–Trinajstić information content (AvgIpc) is 2.02. The van der Waals surface area contributed by atoms with Crippen molar-refractivity contribution in [3.8, 4) is 0 Å². The minimum Gasteiger partial charge on any atom is -0.394 e. The van der Waals surface area contributed by atoms with Crippen molar-refractivity contribution < 1.29 is 24.6 Å². The zero-order valence-electron chi connectivity index (χ0n) is 8.40. The van der Waals surface area contributed by atoms with Gasteiger partial charge in [-0.1, -0.05) is 0 Å². The number of carbonyl (C=O) groups excluding carboxylic acids is 3. The zero-order valence-corrected chi connectivity index (χ0v) is 8.40. The summed E-state index contributed by atoms with van der Waals surface area (Å²) in [6.45, 7) is 2.32. The fourth-order valence-electron chi connectivity index (χ4n) is 1.58. The molecule has 0 radical (unpaired) electrons. The van der Waals surface area contributed by atoms with Crippen LogP contribution < -0.4 is 0 Å². The van der Waals surface area contributed by atoms with E-state index in [1.165, 1.54) is 0 Å². The van der Waals surface area contributed by atoms with Gasteiger partial charge in [-0.15, -0.1) is 0 Å². The van der Waals surface area contributed by atoms with Gasteiger partial charge >= 0.3 is 0 Å². The van der Waals surface area contributed by atoms with E-state index in [0.29, 0.717) is 0 Å². The highest BCUT2D eigenvalue weighted by molar-refractivity contribution is 6.23. The highest BCUT2D eigenvalue weighted by atomic mass is 16.3. The Morgan fingerprint density at radius 1 is 1.07 bits per heavy atom. The number of rotatable bonds is 5. The number of Topliss-reactive ketones (excluding diaryl/α,β-unsaturated/α-hetero) is 3. The number of aliphatic hydroxyl groups is 2. The van der Waals surface area contributed by atoms with Crippen molar-refractivity contribution in [2.75, 3.05) is 6.61 Å². The Labute approximate surface area is 81.7 Å². The Morgan fingerprint density at radius 2 is 1.36 bits per heavy atom. The van der Waals surface area contributed by atoms with Gasteiger partial charge in [0.05, 0.1) is 6.61 Å². The molecule has 0 aromatic rings. The van der Waals surface area contributed by atoms with Crippen LogP contribution in [0, 0.1) is 5.41 Å². The monoisotopic (exact) mass is 202 g/mol. The van der Waals surface area contributed by atoms with Crippen molar-refractivity contribution in [1.29, 1.82) is 0 Å². The summed E-state index contributed by atoms with van der Waals surface area (Å²) in [5, 5.41) is 18.1. The molecule has 0 aliphatic rings. The molecule has 0 aromatic carbocycles. The summed E-state index contributed by atoms with van der Waals surface area (Å²) in [5.41, 5.74) is -2.10. The molecule has 1 atom stereocenters. The fraction of sp³-hybridized carbons (Fsp3) is 0.667.